The molecule has 4 rings (SSSR count). The van der Waals surface area contributed by atoms with Crippen LogP contribution in [0.1, 0.15) is 31.1 Å². The standard InChI is InChI=1S/C16H17N3O3/c1-3-18-15(21)13-7-11-10-6-9(20)4-5-12(10)17-14(11)8(2)19(13)16(18)22/h4-6,8,13,17,20H,3,7H2,1-2H3/t8-,13-/m0/s1. The molecule has 3 heterocycles. The molecule has 1 saturated heterocycles. The highest BCUT2D eigenvalue weighted by molar-refractivity contribution is 6.05. The van der Waals surface area contributed by atoms with Gasteiger partial charge in [-0.25, -0.2) is 4.79 Å². The van der Waals surface area contributed by atoms with Gasteiger partial charge in [0.15, 0.2) is 0 Å². The molecule has 114 valence electrons. The number of hydrogen-bond donors (Lipinski definition) is 2. The zero-order valence-electron chi connectivity index (χ0n) is 12.5. The molecule has 2 aromatic rings. The van der Waals surface area contributed by atoms with Crippen molar-refractivity contribution in [1.29, 1.82) is 0 Å². The minimum atomic E-state index is -0.434. The van der Waals surface area contributed by atoms with Crippen LogP contribution in [0.3, 0.4) is 0 Å². The fraction of sp³-hybridized carbons (Fsp3) is 0.375. The zero-order valence-corrected chi connectivity index (χ0v) is 12.5. The number of imide groups is 1. The Bertz CT molecular complexity index is 810. The minimum Gasteiger partial charge on any atom is -0.508 e. The van der Waals surface area contributed by atoms with Crippen molar-refractivity contribution >= 4 is 22.8 Å². The average Bonchev–Trinajstić information content (AvgIpc) is 2.96. The largest absolute Gasteiger partial charge is 0.508 e. The Morgan fingerprint density at radius 2 is 2.14 bits per heavy atom. The highest BCUT2D eigenvalue weighted by Crippen LogP contribution is 2.41. The molecule has 0 aliphatic carbocycles. The monoisotopic (exact) mass is 299 g/mol. The first-order chi connectivity index (χ1) is 10.5. The van der Waals surface area contributed by atoms with Crippen LogP contribution in [0.15, 0.2) is 18.2 Å². The fourth-order valence-electron chi connectivity index (χ4n) is 3.74. The number of aromatic nitrogens is 1. The van der Waals surface area contributed by atoms with Crippen LogP contribution >= 0.6 is 0 Å². The van der Waals surface area contributed by atoms with E-state index in [2.05, 4.69) is 4.98 Å². The van der Waals surface area contributed by atoms with Gasteiger partial charge in [-0.1, -0.05) is 0 Å². The van der Waals surface area contributed by atoms with E-state index in [-0.39, 0.29) is 23.7 Å². The van der Waals surface area contributed by atoms with Crippen LogP contribution in [-0.2, 0) is 11.2 Å². The number of carbonyl (C=O) groups excluding carboxylic acids is 2. The number of phenolic OH excluding ortho intramolecular Hbond substituents is 1. The molecular weight excluding hydrogens is 282 g/mol. The Morgan fingerprint density at radius 1 is 1.36 bits per heavy atom. The number of likely N-dealkylation sites (N-methyl/N-ethyl adjacent to an activating group) is 1. The summed E-state index contributed by atoms with van der Waals surface area (Å²) in [5.74, 6) is 0.0768. The molecule has 0 saturated carbocycles. The number of aromatic hydroxyl groups is 1. The lowest BCUT2D eigenvalue weighted by Crippen LogP contribution is -2.42. The van der Waals surface area contributed by atoms with Crippen LogP contribution in [0, 0.1) is 0 Å². The van der Waals surface area contributed by atoms with Gasteiger partial charge in [-0.2, -0.15) is 0 Å². The number of benzene rings is 1. The molecular formula is C16H17N3O3. The zero-order chi connectivity index (χ0) is 15.6. The first-order valence-corrected chi connectivity index (χ1v) is 7.50. The molecule has 22 heavy (non-hydrogen) atoms. The fourth-order valence-corrected chi connectivity index (χ4v) is 3.74. The molecule has 6 heteroatoms. The summed E-state index contributed by atoms with van der Waals surface area (Å²) in [6, 6.07) is 4.34. The number of amides is 3. The Morgan fingerprint density at radius 3 is 2.86 bits per heavy atom. The molecule has 1 aromatic heterocycles. The quantitative estimate of drug-likeness (QED) is 0.792. The molecule has 2 aliphatic heterocycles. The Balaban J connectivity index is 1.88. The van der Waals surface area contributed by atoms with Crippen LogP contribution in [0.25, 0.3) is 10.9 Å². The lowest BCUT2D eigenvalue weighted by atomic mass is 9.93. The third kappa shape index (κ3) is 1.49. The number of fused-ring (bicyclic) bond motifs is 4. The summed E-state index contributed by atoms with van der Waals surface area (Å²) in [6.45, 7) is 4.14. The van der Waals surface area contributed by atoms with E-state index in [0.717, 1.165) is 22.2 Å². The number of phenols is 1. The van der Waals surface area contributed by atoms with Gasteiger partial charge in [0.2, 0.25) is 0 Å². The maximum atomic E-state index is 12.5. The molecule has 2 atom stereocenters. The molecule has 0 bridgehead atoms. The van der Waals surface area contributed by atoms with E-state index < -0.39 is 6.04 Å². The summed E-state index contributed by atoms with van der Waals surface area (Å²) in [7, 11) is 0. The first-order valence-electron chi connectivity index (χ1n) is 7.50. The second-order valence-electron chi connectivity index (χ2n) is 5.92. The van der Waals surface area contributed by atoms with Gasteiger partial charge in [0.05, 0.1) is 6.04 Å². The lowest BCUT2D eigenvalue weighted by Gasteiger charge is -2.33. The van der Waals surface area contributed by atoms with E-state index in [1.165, 1.54) is 4.90 Å². The summed E-state index contributed by atoms with van der Waals surface area (Å²) >= 11 is 0. The van der Waals surface area contributed by atoms with Gasteiger partial charge in [-0.05, 0) is 37.6 Å². The molecule has 0 spiro atoms. The number of H-pyrrole nitrogens is 1. The van der Waals surface area contributed by atoms with E-state index in [1.54, 1.807) is 17.0 Å². The molecule has 6 nitrogen and oxygen atoms in total. The van der Waals surface area contributed by atoms with Gasteiger partial charge >= 0.3 is 6.03 Å². The molecule has 3 amide bonds. The Hall–Kier alpha value is -2.50. The van der Waals surface area contributed by atoms with Crippen molar-refractivity contribution in [2.24, 2.45) is 0 Å². The first kappa shape index (κ1) is 13.2. The van der Waals surface area contributed by atoms with Crippen molar-refractivity contribution in [3.63, 3.8) is 0 Å². The number of aromatic amines is 1. The molecule has 1 aromatic carbocycles. The van der Waals surface area contributed by atoms with E-state index in [9.17, 15) is 14.7 Å². The van der Waals surface area contributed by atoms with Crippen molar-refractivity contribution in [2.75, 3.05) is 6.54 Å². The Labute approximate surface area is 127 Å². The van der Waals surface area contributed by atoms with E-state index in [1.807, 2.05) is 19.9 Å². The number of hydrogen-bond acceptors (Lipinski definition) is 3. The van der Waals surface area contributed by atoms with E-state index in [0.29, 0.717) is 13.0 Å². The van der Waals surface area contributed by atoms with Crippen LogP contribution < -0.4 is 0 Å². The normalized spacial score (nSPS) is 24.1. The van der Waals surface area contributed by atoms with Crippen LogP contribution in [0.4, 0.5) is 4.79 Å². The predicted octanol–water partition coefficient (Wildman–Crippen LogP) is 2.14. The summed E-state index contributed by atoms with van der Waals surface area (Å²) in [4.78, 5) is 31.2. The van der Waals surface area contributed by atoms with Crippen LogP contribution in [-0.4, -0.2) is 44.4 Å². The van der Waals surface area contributed by atoms with Gasteiger partial charge in [-0.15, -0.1) is 0 Å². The minimum absolute atomic E-state index is 0.125. The maximum absolute atomic E-state index is 12.5. The summed E-state index contributed by atoms with van der Waals surface area (Å²) < 4.78 is 0. The second kappa shape index (κ2) is 4.25. The molecule has 2 aliphatic rings. The SMILES string of the molecule is CCN1C(=O)[C@@H]2Cc3c([nH]c4ccc(O)cc34)[C@H](C)N2C1=O. The van der Waals surface area contributed by atoms with Crippen molar-refractivity contribution in [2.45, 2.75) is 32.4 Å². The lowest BCUT2D eigenvalue weighted by molar-refractivity contribution is -0.128. The molecule has 0 radical (unpaired) electrons. The molecule has 0 unspecified atom stereocenters. The van der Waals surface area contributed by atoms with Crippen molar-refractivity contribution in [3.05, 3.63) is 29.5 Å². The summed E-state index contributed by atoms with van der Waals surface area (Å²) in [5, 5.41) is 10.7. The highest BCUT2D eigenvalue weighted by Gasteiger charge is 2.50. The van der Waals surface area contributed by atoms with Gasteiger partial charge in [0.1, 0.15) is 11.8 Å². The van der Waals surface area contributed by atoms with Gasteiger partial charge in [0, 0.05) is 29.6 Å². The van der Waals surface area contributed by atoms with Crippen LogP contribution in [0.2, 0.25) is 0 Å². The second-order valence-corrected chi connectivity index (χ2v) is 5.92. The molecule has 2 N–H and O–H groups in total. The smallest absolute Gasteiger partial charge is 0.328 e. The average molecular weight is 299 g/mol. The van der Waals surface area contributed by atoms with Gasteiger partial charge < -0.3 is 15.0 Å². The maximum Gasteiger partial charge on any atom is 0.328 e. The van der Waals surface area contributed by atoms with E-state index in [4.69, 9.17) is 0 Å². The van der Waals surface area contributed by atoms with Gasteiger partial charge in [0.25, 0.3) is 5.91 Å². The van der Waals surface area contributed by atoms with Crippen molar-refractivity contribution < 1.29 is 14.7 Å². The number of nitrogens with zero attached hydrogens (tertiary/aromatic N) is 2. The topological polar surface area (TPSA) is 76.6 Å². The van der Waals surface area contributed by atoms with Crippen molar-refractivity contribution in [1.82, 2.24) is 14.8 Å². The summed E-state index contributed by atoms with van der Waals surface area (Å²) in [6.07, 6.45) is 0.490. The van der Waals surface area contributed by atoms with Crippen molar-refractivity contribution in [3.8, 4) is 5.75 Å². The number of rotatable bonds is 1. The third-order valence-corrected chi connectivity index (χ3v) is 4.81. The molecule has 1 fully saturated rings. The number of urea groups is 1. The van der Waals surface area contributed by atoms with Gasteiger partial charge in [-0.3, -0.25) is 9.69 Å². The number of nitrogens with one attached hydrogen (secondary N) is 1. The van der Waals surface area contributed by atoms with E-state index >= 15 is 0 Å². The van der Waals surface area contributed by atoms with Crippen LogP contribution in [0.5, 0.6) is 5.75 Å². The third-order valence-electron chi connectivity index (χ3n) is 4.81. The Kier molecular flexibility index (Phi) is 2.55. The number of carbonyl (C=O) groups is 2. The predicted molar refractivity (Wildman–Crippen MR) is 80.5 cm³/mol. The highest BCUT2D eigenvalue weighted by atomic mass is 16.3. The summed E-state index contributed by atoms with van der Waals surface area (Å²) in [5.41, 5.74) is 2.90.